The van der Waals surface area contributed by atoms with Crippen LogP contribution in [0.25, 0.3) is 0 Å². The molecule has 1 aromatic carbocycles. The van der Waals surface area contributed by atoms with E-state index < -0.39 is 80.5 Å². The molecule has 0 aliphatic heterocycles. The molecule has 8 heteroatoms. The van der Waals surface area contributed by atoms with E-state index >= 15 is 0 Å². The summed E-state index contributed by atoms with van der Waals surface area (Å²) in [7, 11) is 0. The summed E-state index contributed by atoms with van der Waals surface area (Å²) in [4.78, 5) is 54.2. The number of phenolic OH excluding ortho intramolecular Hbond substituents is 1. The van der Waals surface area contributed by atoms with Gasteiger partial charge in [0.25, 0.3) is 0 Å². The van der Waals surface area contributed by atoms with Crippen molar-refractivity contribution in [2.24, 2.45) is 34.5 Å². The fraction of sp³-hybridized carbons (Fsp3) is 0.548. The Balaban J connectivity index is 2.23. The Morgan fingerprint density at radius 2 is 1.62 bits per heavy atom. The summed E-state index contributed by atoms with van der Waals surface area (Å²) >= 11 is 0. The predicted octanol–water partition coefficient (Wildman–Crippen LogP) is 4.75. The standard InChI is InChI=1S/C31H38O8/c1-13(2)19(34)12-20-29(7)15(5)17-10-9-11-18(33)22(17)26(36)24(29)28(38)31(39)27(37)21(16(6)32)25(35)23(14(3)4)30(20,31)8/h9-11,13-15,20,23,33,35,38-39H,12H2,1-8H3/t15-,20-,23?,29-,30-,31+/m1/s1. The molecule has 210 valence electrons. The minimum atomic E-state index is -2.79. The monoisotopic (exact) mass is 538 g/mol. The van der Waals surface area contributed by atoms with Crippen LogP contribution in [0.4, 0.5) is 0 Å². The molecule has 3 aliphatic carbocycles. The fourth-order valence-corrected chi connectivity index (χ4v) is 7.96. The van der Waals surface area contributed by atoms with Gasteiger partial charge in [-0.3, -0.25) is 19.2 Å². The highest BCUT2D eigenvalue weighted by Crippen LogP contribution is 2.71. The number of aromatic hydroxyl groups is 1. The van der Waals surface area contributed by atoms with Crippen molar-refractivity contribution < 1.29 is 39.6 Å². The maximum Gasteiger partial charge on any atom is 0.209 e. The Labute approximate surface area is 228 Å². The number of aliphatic hydroxyl groups is 3. The van der Waals surface area contributed by atoms with Crippen molar-refractivity contribution in [1.82, 2.24) is 0 Å². The minimum absolute atomic E-state index is 0.0426. The zero-order valence-electron chi connectivity index (χ0n) is 23.7. The number of phenols is 1. The van der Waals surface area contributed by atoms with Gasteiger partial charge in [0.1, 0.15) is 28.6 Å². The predicted molar refractivity (Wildman–Crippen MR) is 143 cm³/mol. The molecule has 6 atom stereocenters. The van der Waals surface area contributed by atoms with E-state index in [1.165, 1.54) is 6.07 Å². The smallest absolute Gasteiger partial charge is 0.209 e. The first-order valence-corrected chi connectivity index (χ1v) is 13.5. The molecule has 0 fully saturated rings. The Hall–Kier alpha value is -3.26. The molecule has 0 saturated carbocycles. The highest BCUT2D eigenvalue weighted by atomic mass is 16.3. The Morgan fingerprint density at radius 3 is 2.13 bits per heavy atom. The molecule has 8 nitrogen and oxygen atoms in total. The van der Waals surface area contributed by atoms with Gasteiger partial charge < -0.3 is 20.4 Å². The van der Waals surface area contributed by atoms with Gasteiger partial charge in [0.2, 0.25) is 5.78 Å². The third-order valence-electron chi connectivity index (χ3n) is 10.1. The van der Waals surface area contributed by atoms with E-state index in [1.54, 1.807) is 53.7 Å². The van der Waals surface area contributed by atoms with Gasteiger partial charge in [-0.2, -0.15) is 0 Å². The van der Waals surface area contributed by atoms with Crippen LogP contribution >= 0.6 is 0 Å². The number of carbonyl (C=O) groups is 4. The molecule has 0 radical (unpaired) electrons. The molecule has 4 rings (SSSR count). The molecule has 0 heterocycles. The van der Waals surface area contributed by atoms with Crippen LogP contribution in [-0.2, 0) is 14.4 Å². The molecule has 3 aliphatic rings. The summed E-state index contributed by atoms with van der Waals surface area (Å²) in [6.07, 6.45) is -0.158. The van der Waals surface area contributed by atoms with Gasteiger partial charge in [0.05, 0.1) is 5.56 Å². The van der Waals surface area contributed by atoms with Crippen molar-refractivity contribution >= 4 is 23.1 Å². The van der Waals surface area contributed by atoms with Gasteiger partial charge in [-0.25, -0.2) is 0 Å². The van der Waals surface area contributed by atoms with Gasteiger partial charge in [-0.1, -0.05) is 60.6 Å². The Kier molecular flexibility index (Phi) is 6.54. The van der Waals surface area contributed by atoms with Gasteiger partial charge in [0.15, 0.2) is 17.2 Å². The maximum absolute atomic E-state index is 14.1. The highest BCUT2D eigenvalue weighted by Gasteiger charge is 2.75. The third-order valence-corrected chi connectivity index (χ3v) is 10.1. The van der Waals surface area contributed by atoms with Crippen LogP contribution in [-0.4, -0.2) is 49.2 Å². The second-order valence-corrected chi connectivity index (χ2v) is 12.5. The van der Waals surface area contributed by atoms with Gasteiger partial charge in [-0.15, -0.1) is 0 Å². The molecule has 0 spiro atoms. The highest BCUT2D eigenvalue weighted by molar-refractivity contribution is 6.25. The number of benzene rings is 1. The van der Waals surface area contributed by atoms with Crippen molar-refractivity contribution in [1.29, 1.82) is 0 Å². The van der Waals surface area contributed by atoms with E-state index in [1.807, 2.05) is 6.92 Å². The van der Waals surface area contributed by atoms with Crippen LogP contribution in [0, 0.1) is 34.5 Å². The molecule has 0 aromatic heterocycles. The summed E-state index contributed by atoms with van der Waals surface area (Å²) in [5.74, 6) is -7.96. The lowest BCUT2D eigenvalue weighted by atomic mass is 9.38. The first-order chi connectivity index (χ1) is 17.9. The normalized spacial score (nSPS) is 34.3. The van der Waals surface area contributed by atoms with E-state index in [0.717, 1.165) is 6.92 Å². The number of aliphatic hydroxyl groups excluding tert-OH is 2. The van der Waals surface area contributed by atoms with Gasteiger partial charge in [-0.05, 0) is 36.3 Å². The van der Waals surface area contributed by atoms with Crippen molar-refractivity contribution in [2.45, 2.75) is 73.3 Å². The lowest BCUT2D eigenvalue weighted by Crippen LogP contribution is -2.71. The van der Waals surface area contributed by atoms with Crippen LogP contribution < -0.4 is 0 Å². The van der Waals surface area contributed by atoms with Crippen LogP contribution in [0.1, 0.15) is 83.7 Å². The average molecular weight is 539 g/mol. The van der Waals surface area contributed by atoms with E-state index in [4.69, 9.17) is 0 Å². The molecule has 4 N–H and O–H groups in total. The van der Waals surface area contributed by atoms with Crippen LogP contribution in [0.15, 0.2) is 40.9 Å². The number of hydrogen-bond donors (Lipinski definition) is 4. The van der Waals surface area contributed by atoms with Gasteiger partial charge in [0, 0.05) is 34.7 Å². The number of hydrogen-bond acceptors (Lipinski definition) is 8. The first-order valence-electron chi connectivity index (χ1n) is 13.5. The number of rotatable bonds is 5. The summed E-state index contributed by atoms with van der Waals surface area (Å²) in [5, 5.41) is 46.5. The van der Waals surface area contributed by atoms with Crippen molar-refractivity contribution in [3.63, 3.8) is 0 Å². The maximum atomic E-state index is 14.1. The quantitative estimate of drug-likeness (QED) is 0.393. The molecule has 0 saturated heterocycles. The van der Waals surface area contributed by atoms with Crippen LogP contribution in [0.2, 0.25) is 0 Å². The molecular formula is C31H38O8. The Bertz CT molecular complexity index is 1380. The SMILES string of the molecule is CC(=O)C1=C(O)C(C(C)C)[C@@]2(C)[C@H](CC(=O)C(C)C)[C@]3(C)C(=C(O)[C@@]2(O)C1=O)C(=O)c1c(O)cccc1[C@H]3C. The fourth-order valence-electron chi connectivity index (χ4n) is 7.96. The van der Waals surface area contributed by atoms with E-state index in [9.17, 15) is 39.6 Å². The second kappa shape index (κ2) is 8.88. The molecule has 39 heavy (non-hydrogen) atoms. The lowest BCUT2D eigenvalue weighted by molar-refractivity contribution is -0.194. The summed E-state index contributed by atoms with van der Waals surface area (Å²) in [6.45, 7) is 13.2. The van der Waals surface area contributed by atoms with Crippen molar-refractivity contribution in [2.75, 3.05) is 0 Å². The molecular weight excluding hydrogens is 500 g/mol. The molecule has 1 aromatic rings. The average Bonchev–Trinajstić information content (AvgIpc) is 2.82. The zero-order valence-corrected chi connectivity index (χ0v) is 23.7. The second-order valence-electron chi connectivity index (χ2n) is 12.5. The minimum Gasteiger partial charge on any atom is -0.511 e. The van der Waals surface area contributed by atoms with Crippen molar-refractivity contribution in [3.05, 3.63) is 52.0 Å². The van der Waals surface area contributed by atoms with E-state index in [-0.39, 0.29) is 29.1 Å². The van der Waals surface area contributed by atoms with E-state index in [0.29, 0.717) is 5.56 Å². The van der Waals surface area contributed by atoms with Crippen molar-refractivity contribution in [3.8, 4) is 5.75 Å². The number of Topliss-reactive ketones (excluding diaryl/α,β-unsaturated/α-hetero) is 4. The number of ketones is 4. The Morgan fingerprint density at radius 1 is 1.03 bits per heavy atom. The summed E-state index contributed by atoms with van der Waals surface area (Å²) < 4.78 is 0. The summed E-state index contributed by atoms with van der Waals surface area (Å²) in [6, 6.07) is 4.67. The third kappa shape index (κ3) is 3.33. The summed E-state index contributed by atoms with van der Waals surface area (Å²) in [5.41, 5.74) is -6.19. The molecule has 1 unspecified atom stereocenters. The number of fused-ring (bicyclic) bond motifs is 3. The largest absolute Gasteiger partial charge is 0.511 e. The number of carbonyl (C=O) groups excluding carboxylic acids is 4. The van der Waals surface area contributed by atoms with E-state index in [2.05, 4.69) is 0 Å². The topological polar surface area (TPSA) is 149 Å². The molecule has 0 amide bonds. The zero-order chi connectivity index (χ0) is 29.6. The lowest BCUT2D eigenvalue weighted by Gasteiger charge is -2.65. The molecule has 0 bridgehead atoms. The van der Waals surface area contributed by atoms with Crippen LogP contribution in [0.5, 0.6) is 5.75 Å². The number of allylic oxidation sites excluding steroid dienone is 2. The first kappa shape index (κ1) is 28.7. The van der Waals surface area contributed by atoms with Gasteiger partial charge >= 0.3 is 0 Å². The van der Waals surface area contributed by atoms with Crippen LogP contribution in [0.3, 0.4) is 0 Å².